The molecule has 1 heterocycles. The van der Waals surface area contributed by atoms with Gasteiger partial charge in [0, 0.05) is 17.8 Å². The van der Waals surface area contributed by atoms with Gasteiger partial charge in [-0.25, -0.2) is 8.42 Å². The summed E-state index contributed by atoms with van der Waals surface area (Å²) in [5.41, 5.74) is 2.61. The fourth-order valence-corrected chi connectivity index (χ4v) is 3.67. The standard InChI is InChI=1S/C19H22N4O2S2/c1-19(2,3)27(24,25)23-16-11-9-14(10-12-16)13-20-18-22-21-17(26-18)15-7-5-4-6-8-15/h4-12,23H,13H2,1-3H3,(H,20,22). The van der Waals surface area contributed by atoms with Crippen LogP contribution in [-0.2, 0) is 16.6 Å². The molecule has 0 aliphatic rings. The SMILES string of the molecule is CC(C)(C)S(=O)(=O)Nc1ccc(CNc2nnc(-c3ccccc3)s2)cc1. The average molecular weight is 403 g/mol. The van der Waals surface area contributed by atoms with Crippen molar-refractivity contribution in [3.8, 4) is 10.6 Å². The Kier molecular flexibility index (Phi) is 5.48. The highest BCUT2D eigenvalue weighted by Crippen LogP contribution is 2.26. The van der Waals surface area contributed by atoms with Gasteiger partial charge < -0.3 is 5.32 Å². The van der Waals surface area contributed by atoms with Gasteiger partial charge in [0.25, 0.3) is 0 Å². The van der Waals surface area contributed by atoms with Gasteiger partial charge in [-0.15, -0.1) is 10.2 Å². The molecule has 0 bridgehead atoms. The van der Waals surface area contributed by atoms with Crippen LogP contribution in [0.5, 0.6) is 0 Å². The lowest BCUT2D eigenvalue weighted by molar-refractivity contribution is 0.566. The van der Waals surface area contributed by atoms with Crippen LogP contribution in [-0.4, -0.2) is 23.4 Å². The van der Waals surface area contributed by atoms with E-state index in [1.165, 1.54) is 11.3 Å². The summed E-state index contributed by atoms with van der Waals surface area (Å²) in [4.78, 5) is 0. The minimum atomic E-state index is -3.42. The summed E-state index contributed by atoms with van der Waals surface area (Å²) in [6.45, 7) is 5.58. The van der Waals surface area contributed by atoms with Crippen LogP contribution in [0.4, 0.5) is 10.8 Å². The molecule has 2 N–H and O–H groups in total. The highest BCUT2D eigenvalue weighted by molar-refractivity contribution is 7.94. The number of aromatic nitrogens is 2. The predicted octanol–water partition coefficient (Wildman–Crippen LogP) is 4.36. The monoisotopic (exact) mass is 402 g/mol. The number of rotatable bonds is 6. The first-order valence-electron chi connectivity index (χ1n) is 8.49. The maximum absolute atomic E-state index is 12.2. The van der Waals surface area contributed by atoms with Crippen molar-refractivity contribution in [2.24, 2.45) is 0 Å². The van der Waals surface area contributed by atoms with Crippen LogP contribution in [0.1, 0.15) is 26.3 Å². The van der Waals surface area contributed by atoms with Crippen molar-refractivity contribution >= 4 is 32.2 Å². The molecule has 0 aliphatic heterocycles. The first-order chi connectivity index (χ1) is 12.7. The first kappa shape index (κ1) is 19.3. The second-order valence-corrected chi connectivity index (χ2v) is 10.5. The largest absolute Gasteiger partial charge is 0.356 e. The lowest BCUT2D eigenvalue weighted by Crippen LogP contribution is -2.33. The van der Waals surface area contributed by atoms with Crippen LogP contribution in [0.2, 0.25) is 0 Å². The number of anilines is 2. The number of nitrogens with zero attached hydrogens (tertiary/aromatic N) is 2. The van der Waals surface area contributed by atoms with Gasteiger partial charge in [0.1, 0.15) is 5.01 Å². The molecule has 2 aromatic carbocycles. The molecule has 0 atom stereocenters. The van der Waals surface area contributed by atoms with Gasteiger partial charge in [0.05, 0.1) is 4.75 Å². The Morgan fingerprint density at radius 3 is 2.26 bits per heavy atom. The zero-order chi connectivity index (χ0) is 19.5. The Hall–Kier alpha value is -2.45. The highest BCUT2D eigenvalue weighted by atomic mass is 32.2. The topological polar surface area (TPSA) is 84.0 Å². The number of hydrogen-bond donors (Lipinski definition) is 2. The number of hydrogen-bond acceptors (Lipinski definition) is 6. The molecule has 0 amide bonds. The van der Waals surface area contributed by atoms with Crippen molar-refractivity contribution < 1.29 is 8.42 Å². The van der Waals surface area contributed by atoms with Crippen LogP contribution >= 0.6 is 11.3 Å². The molecule has 6 nitrogen and oxygen atoms in total. The lowest BCUT2D eigenvalue weighted by Gasteiger charge is -2.20. The molecule has 0 saturated heterocycles. The molecule has 0 spiro atoms. The maximum Gasteiger partial charge on any atom is 0.237 e. The van der Waals surface area contributed by atoms with E-state index in [2.05, 4.69) is 20.2 Å². The summed E-state index contributed by atoms with van der Waals surface area (Å²) in [6, 6.07) is 17.2. The van der Waals surface area contributed by atoms with E-state index in [0.717, 1.165) is 21.3 Å². The molecular weight excluding hydrogens is 380 g/mol. The van der Waals surface area contributed by atoms with E-state index in [4.69, 9.17) is 0 Å². The molecule has 0 radical (unpaired) electrons. The van der Waals surface area contributed by atoms with Gasteiger partial charge in [0.15, 0.2) is 0 Å². The van der Waals surface area contributed by atoms with Crippen molar-refractivity contribution in [3.05, 3.63) is 60.2 Å². The molecule has 0 unspecified atom stereocenters. The normalized spacial score (nSPS) is 12.0. The Labute approximate surface area is 163 Å². The number of nitrogens with one attached hydrogen (secondary N) is 2. The predicted molar refractivity (Wildman–Crippen MR) is 111 cm³/mol. The summed E-state index contributed by atoms with van der Waals surface area (Å²) in [6.07, 6.45) is 0. The fourth-order valence-electron chi connectivity index (χ4n) is 2.17. The van der Waals surface area contributed by atoms with E-state index in [-0.39, 0.29) is 0 Å². The Morgan fingerprint density at radius 1 is 0.963 bits per heavy atom. The number of benzene rings is 2. The van der Waals surface area contributed by atoms with Crippen LogP contribution < -0.4 is 10.0 Å². The second kappa shape index (κ2) is 7.66. The first-order valence-corrected chi connectivity index (χ1v) is 10.8. The van der Waals surface area contributed by atoms with E-state index >= 15 is 0 Å². The van der Waals surface area contributed by atoms with Crippen LogP contribution in [0, 0.1) is 0 Å². The van der Waals surface area contributed by atoms with Crippen molar-refractivity contribution in [1.29, 1.82) is 0 Å². The second-order valence-electron chi connectivity index (χ2n) is 7.05. The minimum Gasteiger partial charge on any atom is -0.356 e. The average Bonchev–Trinajstić information content (AvgIpc) is 3.10. The van der Waals surface area contributed by atoms with Gasteiger partial charge in [-0.1, -0.05) is 53.8 Å². The van der Waals surface area contributed by atoms with E-state index in [1.807, 2.05) is 42.5 Å². The van der Waals surface area contributed by atoms with E-state index in [1.54, 1.807) is 32.9 Å². The van der Waals surface area contributed by atoms with Gasteiger partial charge >= 0.3 is 0 Å². The third kappa shape index (κ3) is 4.84. The minimum absolute atomic E-state index is 0.552. The summed E-state index contributed by atoms with van der Waals surface area (Å²) < 4.78 is 26.2. The van der Waals surface area contributed by atoms with Crippen molar-refractivity contribution in [2.75, 3.05) is 10.0 Å². The fraction of sp³-hybridized carbons (Fsp3) is 0.263. The molecule has 0 saturated carbocycles. The van der Waals surface area contributed by atoms with E-state index < -0.39 is 14.8 Å². The van der Waals surface area contributed by atoms with Crippen molar-refractivity contribution in [1.82, 2.24) is 10.2 Å². The number of sulfonamides is 1. The molecule has 3 rings (SSSR count). The summed E-state index contributed by atoms with van der Waals surface area (Å²) in [7, 11) is -3.42. The van der Waals surface area contributed by atoms with Gasteiger partial charge in [0.2, 0.25) is 15.2 Å². The van der Waals surface area contributed by atoms with Crippen molar-refractivity contribution in [2.45, 2.75) is 32.1 Å². The Morgan fingerprint density at radius 2 is 1.63 bits per heavy atom. The van der Waals surface area contributed by atoms with Crippen LogP contribution in [0.25, 0.3) is 10.6 Å². The zero-order valence-corrected chi connectivity index (χ0v) is 17.1. The molecule has 3 aromatic rings. The van der Waals surface area contributed by atoms with Gasteiger partial charge in [-0.2, -0.15) is 0 Å². The molecule has 0 aliphatic carbocycles. The van der Waals surface area contributed by atoms with Crippen LogP contribution in [0.3, 0.4) is 0 Å². The third-order valence-corrected chi connectivity index (χ3v) is 6.95. The molecular formula is C19H22N4O2S2. The van der Waals surface area contributed by atoms with E-state index in [9.17, 15) is 8.42 Å². The summed E-state index contributed by atoms with van der Waals surface area (Å²) in [5, 5.41) is 13.2. The molecule has 27 heavy (non-hydrogen) atoms. The van der Waals surface area contributed by atoms with Gasteiger partial charge in [-0.3, -0.25) is 4.72 Å². The highest BCUT2D eigenvalue weighted by Gasteiger charge is 2.28. The molecule has 142 valence electrons. The Balaban J connectivity index is 1.60. The smallest absolute Gasteiger partial charge is 0.237 e. The lowest BCUT2D eigenvalue weighted by atomic mass is 10.2. The van der Waals surface area contributed by atoms with Crippen molar-refractivity contribution in [3.63, 3.8) is 0 Å². The molecule has 8 heteroatoms. The van der Waals surface area contributed by atoms with Crippen LogP contribution in [0.15, 0.2) is 54.6 Å². The zero-order valence-electron chi connectivity index (χ0n) is 15.4. The van der Waals surface area contributed by atoms with E-state index in [0.29, 0.717) is 12.2 Å². The third-order valence-electron chi connectivity index (χ3n) is 3.90. The quantitative estimate of drug-likeness (QED) is 0.640. The Bertz CT molecular complexity index is 992. The summed E-state index contributed by atoms with van der Waals surface area (Å²) >= 11 is 1.49. The summed E-state index contributed by atoms with van der Waals surface area (Å²) in [5.74, 6) is 0. The maximum atomic E-state index is 12.2. The molecule has 0 fully saturated rings. The molecule has 1 aromatic heterocycles. The van der Waals surface area contributed by atoms with Gasteiger partial charge in [-0.05, 0) is 38.5 Å².